The first-order valence-electron chi connectivity index (χ1n) is 6.97. The second kappa shape index (κ2) is 7.14. The van der Waals surface area contributed by atoms with Crippen LogP contribution >= 0.6 is 0 Å². The second-order valence-corrected chi connectivity index (χ2v) is 4.99. The van der Waals surface area contributed by atoms with Crippen LogP contribution in [0.4, 0.5) is 4.79 Å². The number of carbonyl (C=O) groups excluding carboxylic acids is 1. The summed E-state index contributed by atoms with van der Waals surface area (Å²) in [6.07, 6.45) is 1.86. The van der Waals surface area contributed by atoms with Crippen molar-refractivity contribution in [1.29, 1.82) is 0 Å². The Morgan fingerprint density at radius 3 is 2.95 bits per heavy atom. The van der Waals surface area contributed by atoms with Crippen molar-refractivity contribution >= 4 is 6.09 Å². The van der Waals surface area contributed by atoms with Crippen molar-refractivity contribution < 1.29 is 9.53 Å². The summed E-state index contributed by atoms with van der Waals surface area (Å²) in [5.41, 5.74) is 1.01. The molecule has 0 spiro atoms. The van der Waals surface area contributed by atoms with Gasteiger partial charge in [0.15, 0.2) is 0 Å². The van der Waals surface area contributed by atoms with E-state index in [1.54, 1.807) is 0 Å². The van der Waals surface area contributed by atoms with E-state index in [1.165, 1.54) is 0 Å². The Morgan fingerprint density at radius 2 is 2.21 bits per heavy atom. The number of alkyl carbamates (subject to hydrolysis) is 1. The standard InChI is InChI=1S/C15H22N2O2/c1-2-9-17-10-8-14(11-17)16-15(18)19-12-13-6-4-3-5-7-13/h3-7,14H,2,8-12H2,1H3,(H,16,18). The molecule has 1 unspecified atom stereocenters. The lowest BCUT2D eigenvalue weighted by Gasteiger charge is -2.15. The summed E-state index contributed by atoms with van der Waals surface area (Å²) < 4.78 is 5.22. The first kappa shape index (κ1) is 13.9. The van der Waals surface area contributed by atoms with Crippen LogP contribution < -0.4 is 5.32 Å². The van der Waals surface area contributed by atoms with Crippen LogP contribution in [-0.4, -0.2) is 36.7 Å². The molecule has 4 heteroatoms. The Hall–Kier alpha value is -1.55. The van der Waals surface area contributed by atoms with E-state index in [-0.39, 0.29) is 12.1 Å². The van der Waals surface area contributed by atoms with Gasteiger partial charge in [0.05, 0.1) is 0 Å². The lowest BCUT2D eigenvalue weighted by molar-refractivity contribution is 0.135. The van der Waals surface area contributed by atoms with E-state index in [4.69, 9.17) is 4.74 Å². The summed E-state index contributed by atoms with van der Waals surface area (Å²) >= 11 is 0. The maximum atomic E-state index is 11.7. The van der Waals surface area contributed by atoms with Gasteiger partial charge in [-0.2, -0.15) is 0 Å². The summed E-state index contributed by atoms with van der Waals surface area (Å²) in [5, 5.41) is 2.93. The zero-order valence-corrected chi connectivity index (χ0v) is 11.5. The highest BCUT2D eigenvalue weighted by atomic mass is 16.5. The Kier molecular flexibility index (Phi) is 5.21. The van der Waals surface area contributed by atoms with E-state index < -0.39 is 0 Å². The minimum atomic E-state index is -0.313. The van der Waals surface area contributed by atoms with Crippen molar-refractivity contribution in [2.75, 3.05) is 19.6 Å². The van der Waals surface area contributed by atoms with Gasteiger partial charge in [-0.3, -0.25) is 0 Å². The minimum Gasteiger partial charge on any atom is -0.445 e. The number of benzene rings is 1. The van der Waals surface area contributed by atoms with E-state index in [0.29, 0.717) is 6.61 Å². The molecule has 1 heterocycles. The third kappa shape index (κ3) is 4.56. The summed E-state index contributed by atoms with van der Waals surface area (Å²) in [6.45, 7) is 5.62. The van der Waals surface area contributed by atoms with Crippen LogP contribution in [0.5, 0.6) is 0 Å². The number of nitrogens with zero attached hydrogens (tertiary/aromatic N) is 1. The lowest BCUT2D eigenvalue weighted by atomic mass is 10.2. The van der Waals surface area contributed by atoms with Crippen LogP contribution in [0.25, 0.3) is 0 Å². The van der Waals surface area contributed by atoms with Gasteiger partial charge in [-0.1, -0.05) is 37.3 Å². The molecule has 1 aliphatic rings. The first-order valence-corrected chi connectivity index (χ1v) is 6.97. The molecule has 2 rings (SSSR count). The molecule has 0 aliphatic carbocycles. The lowest BCUT2D eigenvalue weighted by Crippen LogP contribution is -2.37. The highest BCUT2D eigenvalue weighted by Crippen LogP contribution is 2.09. The van der Waals surface area contributed by atoms with E-state index in [0.717, 1.165) is 38.0 Å². The highest BCUT2D eigenvalue weighted by molar-refractivity contribution is 5.67. The van der Waals surface area contributed by atoms with Crippen LogP contribution in [0, 0.1) is 0 Å². The van der Waals surface area contributed by atoms with Gasteiger partial charge in [0, 0.05) is 19.1 Å². The Morgan fingerprint density at radius 1 is 1.42 bits per heavy atom. The first-order chi connectivity index (χ1) is 9.28. The van der Waals surface area contributed by atoms with Gasteiger partial charge in [-0.25, -0.2) is 4.79 Å². The summed E-state index contributed by atoms with van der Waals surface area (Å²) in [4.78, 5) is 14.1. The second-order valence-electron chi connectivity index (χ2n) is 4.99. The molecule has 19 heavy (non-hydrogen) atoms. The van der Waals surface area contributed by atoms with Crippen LogP contribution in [0.3, 0.4) is 0 Å². The number of likely N-dealkylation sites (tertiary alicyclic amines) is 1. The van der Waals surface area contributed by atoms with E-state index in [9.17, 15) is 4.79 Å². The van der Waals surface area contributed by atoms with Crippen LogP contribution in [-0.2, 0) is 11.3 Å². The molecule has 1 aromatic carbocycles. The van der Waals surface area contributed by atoms with E-state index in [2.05, 4.69) is 17.1 Å². The van der Waals surface area contributed by atoms with Gasteiger partial charge in [-0.15, -0.1) is 0 Å². The number of rotatable bonds is 5. The van der Waals surface area contributed by atoms with Crippen LogP contribution in [0.15, 0.2) is 30.3 Å². The highest BCUT2D eigenvalue weighted by Gasteiger charge is 2.23. The smallest absolute Gasteiger partial charge is 0.407 e. The Labute approximate surface area is 114 Å². The van der Waals surface area contributed by atoms with Crippen molar-refractivity contribution in [3.8, 4) is 0 Å². The largest absolute Gasteiger partial charge is 0.445 e. The zero-order chi connectivity index (χ0) is 13.5. The van der Waals surface area contributed by atoms with E-state index >= 15 is 0 Å². The summed E-state index contributed by atoms with van der Waals surface area (Å²) in [6, 6.07) is 9.96. The summed E-state index contributed by atoms with van der Waals surface area (Å²) in [5.74, 6) is 0. The molecule has 104 valence electrons. The number of amides is 1. The fraction of sp³-hybridized carbons (Fsp3) is 0.533. The number of carbonyl (C=O) groups is 1. The van der Waals surface area contributed by atoms with Gasteiger partial charge in [-0.05, 0) is 24.9 Å². The average molecular weight is 262 g/mol. The van der Waals surface area contributed by atoms with Crippen molar-refractivity contribution in [3.63, 3.8) is 0 Å². The van der Waals surface area contributed by atoms with Crippen LogP contribution in [0.1, 0.15) is 25.3 Å². The fourth-order valence-electron chi connectivity index (χ4n) is 2.40. The van der Waals surface area contributed by atoms with Crippen molar-refractivity contribution in [2.45, 2.75) is 32.4 Å². The molecule has 1 fully saturated rings. The maximum absolute atomic E-state index is 11.7. The predicted octanol–water partition coefficient (Wildman–Crippen LogP) is 2.40. The predicted molar refractivity (Wildman–Crippen MR) is 74.9 cm³/mol. The molecule has 1 amide bonds. The molecule has 1 atom stereocenters. The van der Waals surface area contributed by atoms with Gasteiger partial charge in [0.25, 0.3) is 0 Å². The van der Waals surface area contributed by atoms with Crippen molar-refractivity contribution in [2.24, 2.45) is 0 Å². The maximum Gasteiger partial charge on any atom is 0.407 e. The summed E-state index contributed by atoms with van der Waals surface area (Å²) in [7, 11) is 0. The monoisotopic (exact) mass is 262 g/mol. The molecule has 1 saturated heterocycles. The normalized spacial score (nSPS) is 19.3. The molecular weight excluding hydrogens is 240 g/mol. The molecule has 1 aromatic rings. The number of hydrogen-bond donors (Lipinski definition) is 1. The molecule has 0 radical (unpaired) electrons. The van der Waals surface area contributed by atoms with Gasteiger partial charge >= 0.3 is 6.09 Å². The zero-order valence-electron chi connectivity index (χ0n) is 11.5. The third-order valence-corrected chi connectivity index (χ3v) is 3.35. The Bertz CT molecular complexity index is 394. The molecule has 4 nitrogen and oxygen atoms in total. The van der Waals surface area contributed by atoms with Gasteiger partial charge < -0.3 is 15.0 Å². The molecular formula is C15H22N2O2. The number of nitrogens with one attached hydrogen (secondary N) is 1. The Balaban J connectivity index is 1.68. The fourth-order valence-corrected chi connectivity index (χ4v) is 2.40. The van der Waals surface area contributed by atoms with E-state index in [1.807, 2.05) is 30.3 Å². The van der Waals surface area contributed by atoms with Gasteiger partial charge in [0.1, 0.15) is 6.61 Å². The number of hydrogen-bond acceptors (Lipinski definition) is 3. The average Bonchev–Trinajstić information content (AvgIpc) is 2.85. The molecule has 1 N–H and O–H groups in total. The van der Waals surface area contributed by atoms with Crippen molar-refractivity contribution in [3.05, 3.63) is 35.9 Å². The molecule has 0 aromatic heterocycles. The third-order valence-electron chi connectivity index (χ3n) is 3.35. The number of ether oxygens (including phenoxy) is 1. The topological polar surface area (TPSA) is 41.6 Å². The van der Waals surface area contributed by atoms with Crippen molar-refractivity contribution in [1.82, 2.24) is 10.2 Å². The SMILES string of the molecule is CCCN1CCC(NC(=O)OCc2ccccc2)C1. The molecule has 1 aliphatic heterocycles. The van der Waals surface area contributed by atoms with Crippen LogP contribution in [0.2, 0.25) is 0 Å². The van der Waals surface area contributed by atoms with Gasteiger partial charge in [0.2, 0.25) is 0 Å². The molecule has 0 bridgehead atoms. The quantitative estimate of drug-likeness (QED) is 0.886. The minimum absolute atomic E-state index is 0.231. The molecule has 0 saturated carbocycles.